The molecule has 17 heavy (non-hydrogen) atoms. The largest absolute Gasteiger partial charge is 0.472 e. The van der Waals surface area contributed by atoms with Gasteiger partial charge in [-0.05, 0) is 40.5 Å². The highest BCUT2D eigenvalue weighted by atomic mass is 79.9. The number of carbonyl (C=O) groups is 1. The Bertz CT molecular complexity index is 520. The van der Waals surface area contributed by atoms with Crippen molar-refractivity contribution >= 4 is 21.8 Å². The Morgan fingerprint density at radius 2 is 2.24 bits per heavy atom. The van der Waals surface area contributed by atoms with Crippen molar-refractivity contribution in [2.24, 2.45) is 0 Å². The van der Waals surface area contributed by atoms with Gasteiger partial charge in [0, 0.05) is 16.6 Å². The zero-order valence-electron chi connectivity index (χ0n) is 9.37. The summed E-state index contributed by atoms with van der Waals surface area (Å²) in [5, 5.41) is 2.84. The van der Waals surface area contributed by atoms with Gasteiger partial charge in [0.1, 0.15) is 0 Å². The smallest absolute Gasteiger partial charge is 0.252 e. The Labute approximate surface area is 108 Å². The van der Waals surface area contributed by atoms with Crippen molar-refractivity contribution in [1.82, 2.24) is 5.32 Å². The molecule has 1 amide bonds. The molecule has 88 valence electrons. The summed E-state index contributed by atoms with van der Waals surface area (Å²) in [6, 6.07) is 7.44. The van der Waals surface area contributed by atoms with E-state index < -0.39 is 0 Å². The highest BCUT2D eigenvalue weighted by Crippen LogP contribution is 2.20. The van der Waals surface area contributed by atoms with Crippen LogP contribution in [-0.4, -0.2) is 5.91 Å². The average Bonchev–Trinajstić information content (AvgIpc) is 2.82. The quantitative estimate of drug-likeness (QED) is 0.944. The lowest BCUT2D eigenvalue weighted by molar-refractivity contribution is 0.0950. The van der Waals surface area contributed by atoms with Crippen LogP contribution in [0.25, 0.3) is 0 Å². The van der Waals surface area contributed by atoms with Crippen molar-refractivity contribution < 1.29 is 9.21 Å². The number of nitrogens with one attached hydrogen (secondary N) is 1. The molecule has 0 atom stereocenters. The molecule has 4 heteroatoms. The maximum atomic E-state index is 11.9. The predicted molar refractivity (Wildman–Crippen MR) is 68.8 cm³/mol. The van der Waals surface area contributed by atoms with Crippen LogP contribution in [0.2, 0.25) is 0 Å². The molecular weight excluding hydrogens is 282 g/mol. The Hall–Kier alpha value is -1.55. The van der Waals surface area contributed by atoms with Gasteiger partial charge in [-0.1, -0.05) is 12.1 Å². The summed E-state index contributed by atoms with van der Waals surface area (Å²) in [4.78, 5) is 11.9. The highest BCUT2D eigenvalue weighted by Gasteiger charge is 2.10. The highest BCUT2D eigenvalue weighted by molar-refractivity contribution is 9.10. The molecule has 0 aliphatic rings. The molecule has 0 saturated carbocycles. The zero-order chi connectivity index (χ0) is 12.3. The first-order chi connectivity index (χ1) is 8.18. The lowest BCUT2D eigenvalue weighted by Crippen LogP contribution is -2.23. The van der Waals surface area contributed by atoms with Crippen molar-refractivity contribution in [1.29, 1.82) is 0 Å². The summed E-state index contributed by atoms with van der Waals surface area (Å²) in [5.41, 5.74) is 2.64. The van der Waals surface area contributed by atoms with Gasteiger partial charge in [-0.25, -0.2) is 0 Å². The zero-order valence-corrected chi connectivity index (χ0v) is 11.0. The number of hydrogen-bond donors (Lipinski definition) is 1. The fourth-order valence-electron chi connectivity index (χ4n) is 1.49. The van der Waals surface area contributed by atoms with Gasteiger partial charge in [0.15, 0.2) is 0 Å². The standard InChI is InChI=1S/C13H12BrNO2/c1-9-3-2-4-11(12(9)14)13(16)15-7-10-5-6-17-8-10/h2-6,8H,7H2,1H3,(H,15,16). The monoisotopic (exact) mass is 293 g/mol. The molecule has 2 rings (SSSR count). The molecule has 0 radical (unpaired) electrons. The minimum absolute atomic E-state index is 0.0956. The van der Waals surface area contributed by atoms with Crippen LogP contribution in [0.5, 0.6) is 0 Å². The maximum Gasteiger partial charge on any atom is 0.252 e. The van der Waals surface area contributed by atoms with Gasteiger partial charge in [0.25, 0.3) is 5.91 Å². The first-order valence-electron chi connectivity index (χ1n) is 5.23. The summed E-state index contributed by atoms with van der Waals surface area (Å²) in [6.07, 6.45) is 3.20. The molecule has 0 fully saturated rings. The number of furan rings is 1. The lowest BCUT2D eigenvalue weighted by Gasteiger charge is -2.07. The van der Waals surface area contributed by atoms with Crippen LogP contribution in [-0.2, 0) is 6.54 Å². The molecule has 1 aromatic carbocycles. The third kappa shape index (κ3) is 2.77. The summed E-state index contributed by atoms with van der Waals surface area (Å²) in [7, 11) is 0. The van der Waals surface area contributed by atoms with Gasteiger partial charge < -0.3 is 9.73 Å². The molecule has 0 bridgehead atoms. The van der Waals surface area contributed by atoms with E-state index in [0.29, 0.717) is 12.1 Å². The fraction of sp³-hybridized carbons (Fsp3) is 0.154. The van der Waals surface area contributed by atoms with Gasteiger partial charge in [-0.2, -0.15) is 0 Å². The van der Waals surface area contributed by atoms with Crippen molar-refractivity contribution in [3.05, 3.63) is 58.0 Å². The molecule has 0 aliphatic heterocycles. The van der Waals surface area contributed by atoms with E-state index in [1.807, 2.05) is 25.1 Å². The fourth-order valence-corrected chi connectivity index (χ4v) is 1.94. The van der Waals surface area contributed by atoms with E-state index in [2.05, 4.69) is 21.2 Å². The van der Waals surface area contributed by atoms with Crippen molar-refractivity contribution in [2.75, 3.05) is 0 Å². The van der Waals surface area contributed by atoms with Crippen LogP contribution in [0.3, 0.4) is 0 Å². The third-order valence-corrected chi connectivity index (χ3v) is 3.52. The van der Waals surface area contributed by atoms with Crippen LogP contribution in [0, 0.1) is 6.92 Å². The number of benzene rings is 1. The number of rotatable bonds is 3. The van der Waals surface area contributed by atoms with E-state index in [1.165, 1.54) is 0 Å². The Kier molecular flexibility index (Phi) is 3.64. The Balaban J connectivity index is 2.07. The number of carbonyl (C=O) groups excluding carboxylic acids is 1. The average molecular weight is 294 g/mol. The molecule has 0 saturated heterocycles. The molecule has 3 nitrogen and oxygen atoms in total. The second kappa shape index (κ2) is 5.19. The normalized spacial score (nSPS) is 10.2. The Morgan fingerprint density at radius 3 is 2.94 bits per heavy atom. The number of hydrogen-bond acceptors (Lipinski definition) is 2. The molecule has 2 aromatic rings. The minimum atomic E-state index is -0.0956. The van der Waals surface area contributed by atoms with E-state index >= 15 is 0 Å². The Morgan fingerprint density at radius 1 is 1.41 bits per heavy atom. The summed E-state index contributed by atoms with van der Waals surface area (Å²) < 4.78 is 5.77. The SMILES string of the molecule is Cc1cccc(C(=O)NCc2ccoc2)c1Br. The van der Waals surface area contributed by atoms with E-state index in [9.17, 15) is 4.79 Å². The van der Waals surface area contributed by atoms with Crippen molar-refractivity contribution in [3.63, 3.8) is 0 Å². The molecule has 0 aliphatic carbocycles. The molecular formula is C13H12BrNO2. The molecule has 0 unspecified atom stereocenters. The van der Waals surface area contributed by atoms with Gasteiger partial charge in [0.2, 0.25) is 0 Å². The second-order valence-corrected chi connectivity index (χ2v) is 4.54. The van der Waals surface area contributed by atoms with Gasteiger partial charge in [0.05, 0.1) is 18.1 Å². The second-order valence-electron chi connectivity index (χ2n) is 3.75. The first kappa shape index (κ1) is 11.9. The number of aryl methyl sites for hydroxylation is 1. The topological polar surface area (TPSA) is 42.2 Å². The number of halogens is 1. The molecule has 1 aromatic heterocycles. The van der Waals surface area contributed by atoms with Crippen LogP contribution in [0.1, 0.15) is 21.5 Å². The summed E-state index contributed by atoms with van der Waals surface area (Å²) in [5.74, 6) is -0.0956. The van der Waals surface area contributed by atoms with Crippen molar-refractivity contribution in [3.8, 4) is 0 Å². The molecule has 1 heterocycles. The van der Waals surface area contributed by atoms with E-state index in [1.54, 1.807) is 18.6 Å². The summed E-state index contributed by atoms with van der Waals surface area (Å²) >= 11 is 3.42. The third-order valence-electron chi connectivity index (χ3n) is 2.47. The van der Waals surface area contributed by atoms with E-state index in [-0.39, 0.29) is 5.91 Å². The maximum absolute atomic E-state index is 11.9. The van der Waals surface area contributed by atoms with E-state index in [0.717, 1.165) is 15.6 Å². The van der Waals surface area contributed by atoms with Crippen LogP contribution >= 0.6 is 15.9 Å². The van der Waals surface area contributed by atoms with Gasteiger partial charge in [-0.15, -0.1) is 0 Å². The van der Waals surface area contributed by atoms with Crippen LogP contribution in [0.4, 0.5) is 0 Å². The van der Waals surface area contributed by atoms with E-state index in [4.69, 9.17) is 4.42 Å². The van der Waals surface area contributed by atoms with Gasteiger partial charge >= 0.3 is 0 Å². The lowest BCUT2D eigenvalue weighted by atomic mass is 10.1. The molecule has 1 N–H and O–H groups in total. The number of amides is 1. The van der Waals surface area contributed by atoms with Crippen molar-refractivity contribution in [2.45, 2.75) is 13.5 Å². The first-order valence-corrected chi connectivity index (χ1v) is 6.02. The molecule has 0 spiro atoms. The summed E-state index contributed by atoms with van der Waals surface area (Å²) in [6.45, 7) is 2.42. The van der Waals surface area contributed by atoms with Crippen LogP contribution in [0.15, 0.2) is 45.7 Å². The predicted octanol–water partition coefficient (Wildman–Crippen LogP) is 3.28. The van der Waals surface area contributed by atoms with Crippen LogP contribution < -0.4 is 5.32 Å². The van der Waals surface area contributed by atoms with Gasteiger partial charge in [-0.3, -0.25) is 4.79 Å². The minimum Gasteiger partial charge on any atom is -0.472 e.